The van der Waals surface area contributed by atoms with Crippen LogP contribution < -0.4 is 0 Å². The molecule has 0 saturated carbocycles. The van der Waals surface area contributed by atoms with Gasteiger partial charge in [0.2, 0.25) is 0 Å². The van der Waals surface area contributed by atoms with Gasteiger partial charge < -0.3 is 9.80 Å². The topological polar surface area (TPSA) is 6.48 Å². The maximum absolute atomic E-state index is 2.42. The molecule has 0 atom stereocenters. The molecular formula is C9H18N2. The second-order valence-electron chi connectivity index (χ2n) is 3.29. The second kappa shape index (κ2) is 3.65. The highest BCUT2D eigenvalue weighted by atomic mass is 15.3. The summed E-state index contributed by atoms with van der Waals surface area (Å²) in [6, 6.07) is 0. The van der Waals surface area contributed by atoms with Crippen LogP contribution in [-0.4, -0.2) is 30.1 Å². The van der Waals surface area contributed by atoms with Crippen molar-refractivity contribution in [3.05, 3.63) is 11.9 Å². The van der Waals surface area contributed by atoms with Gasteiger partial charge in [0.05, 0.1) is 6.67 Å². The van der Waals surface area contributed by atoms with Gasteiger partial charge in [-0.1, -0.05) is 13.3 Å². The Morgan fingerprint density at radius 1 is 1.55 bits per heavy atom. The minimum atomic E-state index is 1.08. The Morgan fingerprint density at radius 3 is 2.73 bits per heavy atom. The molecule has 0 radical (unpaired) electrons. The van der Waals surface area contributed by atoms with E-state index in [1.165, 1.54) is 25.1 Å². The van der Waals surface area contributed by atoms with Gasteiger partial charge in [0.15, 0.2) is 0 Å². The van der Waals surface area contributed by atoms with Gasteiger partial charge in [-0.05, 0) is 13.3 Å². The molecular weight excluding hydrogens is 136 g/mol. The van der Waals surface area contributed by atoms with Gasteiger partial charge in [-0.2, -0.15) is 0 Å². The van der Waals surface area contributed by atoms with Crippen LogP contribution in [0.4, 0.5) is 0 Å². The molecule has 11 heavy (non-hydrogen) atoms. The molecule has 1 heterocycles. The average Bonchev–Trinajstić information content (AvgIpc) is 2.26. The van der Waals surface area contributed by atoms with E-state index in [4.69, 9.17) is 0 Å². The summed E-state index contributed by atoms with van der Waals surface area (Å²) in [5.74, 6) is 0. The Hall–Kier alpha value is -0.660. The fraction of sp³-hybridized carbons (Fsp3) is 0.778. The van der Waals surface area contributed by atoms with E-state index in [9.17, 15) is 0 Å². The number of allylic oxidation sites excluding steroid dienone is 1. The Morgan fingerprint density at radius 2 is 2.27 bits per heavy atom. The van der Waals surface area contributed by atoms with E-state index in [1.807, 2.05) is 0 Å². The fourth-order valence-electron chi connectivity index (χ4n) is 1.42. The van der Waals surface area contributed by atoms with Crippen LogP contribution in [0.1, 0.15) is 26.7 Å². The molecule has 0 aromatic carbocycles. The first-order valence-corrected chi connectivity index (χ1v) is 4.37. The fourth-order valence-corrected chi connectivity index (χ4v) is 1.42. The third-order valence-corrected chi connectivity index (χ3v) is 2.08. The zero-order chi connectivity index (χ0) is 8.27. The largest absolute Gasteiger partial charge is 0.361 e. The molecule has 0 bridgehead atoms. The van der Waals surface area contributed by atoms with Crippen molar-refractivity contribution in [1.82, 2.24) is 9.80 Å². The van der Waals surface area contributed by atoms with E-state index >= 15 is 0 Å². The van der Waals surface area contributed by atoms with Crippen molar-refractivity contribution in [3.8, 4) is 0 Å². The summed E-state index contributed by atoms with van der Waals surface area (Å²) in [7, 11) is 2.12. The summed E-state index contributed by atoms with van der Waals surface area (Å²) in [4.78, 5) is 4.65. The highest BCUT2D eigenvalue weighted by molar-refractivity contribution is 5.01. The molecule has 2 heteroatoms. The Labute approximate surface area is 69.5 Å². The number of hydrogen-bond donors (Lipinski definition) is 0. The quantitative estimate of drug-likeness (QED) is 0.612. The Balaban J connectivity index is 2.32. The SMILES string of the molecule is CCCCN1CN(C)C=C1C. The van der Waals surface area contributed by atoms with Crippen molar-refractivity contribution in [2.75, 3.05) is 20.3 Å². The lowest BCUT2D eigenvalue weighted by Gasteiger charge is -2.20. The predicted octanol–water partition coefficient (Wildman–Crippen LogP) is 1.85. The first-order chi connectivity index (χ1) is 5.24. The summed E-state index contributed by atoms with van der Waals surface area (Å²) in [5.41, 5.74) is 1.40. The third kappa shape index (κ3) is 2.14. The molecule has 0 saturated heterocycles. The molecule has 0 unspecified atom stereocenters. The molecule has 1 aliphatic rings. The predicted molar refractivity (Wildman–Crippen MR) is 48.0 cm³/mol. The van der Waals surface area contributed by atoms with Crippen molar-refractivity contribution in [3.63, 3.8) is 0 Å². The zero-order valence-corrected chi connectivity index (χ0v) is 7.80. The first-order valence-electron chi connectivity index (χ1n) is 4.37. The first kappa shape index (κ1) is 8.44. The van der Waals surface area contributed by atoms with Crippen LogP contribution in [0.25, 0.3) is 0 Å². The monoisotopic (exact) mass is 154 g/mol. The number of rotatable bonds is 3. The van der Waals surface area contributed by atoms with Crippen LogP contribution in [-0.2, 0) is 0 Å². The van der Waals surface area contributed by atoms with Crippen LogP contribution in [0.2, 0.25) is 0 Å². The summed E-state index contributed by atoms with van der Waals surface area (Å²) in [5, 5.41) is 0. The molecule has 2 nitrogen and oxygen atoms in total. The van der Waals surface area contributed by atoms with E-state index in [1.54, 1.807) is 0 Å². The molecule has 0 fully saturated rings. The molecule has 0 N–H and O–H groups in total. The summed E-state index contributed by atoms with van der Waals surface area (Å²) < 4.78 is 0. The van der Waals surface area contributed by atoms with Gasteiger partial charge in [-0.3, -0.25) is 0 Å². The number of nitrogens with zero attached hydrogens (tertiary/aromatic N) is 2. The zero-order valence-electron chi connectivity index (χ0n) is 7.80. The Bertz CT molecular complexity index is 152. The van der Waals surface area contributed by atoms with Gasteiger partial charge in [-0.25, -0.2) is 0 Å². The van der Waals surface area contributed by atoms with Gasteiger partial charge in [0.25, 0.3) is 0 Å². The van der Waals surface area contributed by atoms with Crippen molar-refractivity contribution >= 4 is 0 Å². The standard InChI is InChI=1S/C9H18N2/c1-4-5-6-11-8-10(3)7-9(11)2/h7H,4-6,8H2,1-3H3. The molecule has 0 aliphatic carbocycles. The molecule has 0 amide bonds. The van der Waals surface area contributed by atoms with E-state index in [0.29, 0.717) is 0 Å². The van der Waals surface area contributed by atoms with Crippen molar-refractivity contribution in [1.29, 1.82) is 0 Å². The number of hydrogen-bond acceptors (Lipinski definition) is 2. The summed E-state index contributed by atoms with van der Waals surface area (Å²) >= 11 is 0. The van der Waals surface area contributed by atoms with Gasteiger partial charge >= 0.3 is 0 Å². The number of unbranched alkanes of at least 4 members (excludes halogenated alkanes) is 1. The average molecular weight is 154 g/mol. The van der Waals surface area contributed by atoms with Gasteiger partial charge in [-0.15, -0.1) is 0 Å². The lowest BCUT2D eigenvalue weighted by molar-refractivity contribution is 0.279. The molecule has 64 valence electrons. The highest BCUT2D eigenvalue weighted by Crippen LogP contribution is 2.13. The lowest BCUT2D eigenvalue weighted by atomic mass is 10.3. The third-order valence-electron chi connectivity index (χ3n) is 2.08. The normalized spacial score (nSPS) is 17.5. The minimum Gasteiger partial charge on any atom is -0.361 e. The van der Waals surface area contributed by atoms with Crippen molar-refractivity contribution < 1.29 is 0 Å². The maximum Gasteiger partial charge on any atom is 0.0893 e. The van der Waals surface area contributed by atoms with Crippen molar-refractivity contribution in [2.24, 2.45) is 0 Å². The molecule has 0 aromatic heterocycles. The Kier molecular flexibility index (Phi) is 2.80. The molecule has 0 aromatic rings. The van der Waals surface area contributed by atoms with Crippen LogP contribution in [0, 0.1) is 0 Å². The maximum atomic E-state index is 2.42. The van der Waals surface area contributed by atoms with Crippen LogP contribution in [0.3, 0.4) is 0 Å². The van der Waals surface area contributed by atoms with E-state index in [0.717, 1.165) is 6.67 Å². The van der Waals surface area contributed by atoms with E-state index < -0.39 is 0 Å². The summed E-state index contributed by atoms with van der Waals surface area (Å²) in [6.07, 6.45) is 4.79. The molecule has 1 aliphatic heterocycles. The molecule has 1 rings (SSSR count). The highest BCUT2D eigenvalue weighted by Gasteiger charge is 2.12. The second-order valence-corrected chi connectivity index (χ2v) is 3.29. The van der Waals surface area contributed by atoms with Crippen LogP contribution in [0.15, 0.2) is 11.9 Å². The van der Waals surface area contributed by atoms with Crippen LogP contribution in [0.5, 0.6) is 0 Å². The minimum absolute atomic E-state index is 1.08. The van der Waals surface area contributed by atoms with Gasteiger partial charge in [0, 0.05) is 25.5 Å². The summed E-state index contributed by atoms with van der Waals surface area (Å²) in [6.45, 7) is 6.70. The van der Waals surface area contributed by atoms with E-state index in [2.05, 4.69) is 36.9 Å². The lowest BCUT2D eigenvalue weighted by Crippen LogP contribution is -2.25. The van der Waals surface area contributed by atoms with Gasteiger partial charge in [0.1, 0.15) is 0 Å². The van der Waals surface area contributed by atoms with Crippen molar-refractivity contribution in [2.45, 2.75) is 26.7 Å². The molecule has 0 spiro atoms. The van der Waals surface area contributed by atoms with E-state index in [-0.39, 0.29) is 0 Å². The smallest absolute Gasteiger partial charge is 0.0893 e. The van der Waals surface area contributed by atoms with Crippen LogP contribution >= 0.6 is 0 Å².